The van der Waals surface area contributed by atoms with Crippen LogP contribution in [0.1, 0.15) is 10.4 Å². The predicted octanol–water partition coefficient (Wildman–Crippen LogP) is 1.80. The first-order valence-electron chi connectivity index (χ1n) is 7.45. The van der Waals surface area contributed by atoms with E-state index < -0.39 is 5.91 Å². The van der Waals surface area contributed by atoms with Crippen LogP contribution in [0.4, 0.5) is 0 Å². The molecular formula is C17H18N4O3. The van der Waals surface area contributed by atoms with Gasteiger partial charge in [0.2, 0.25) is 0 Å². The summed E-state index contributed by atoms with van der Waals surface area (Å²) >= 11 is 0. The van der Waals surface area contributed by atoms with Gasteiger partial charge in [-0.1, -0.05) is 0 Å². The van der Waals surface area contributed by atoms with Crippen LogP contribution >= 0.6 is 0 Å². The molecule has 2 aromatic carbocycles. The molecule has 1 heterocycles. The Bertz CT molecular complexity index is 871. The number of aryl methyl sites for hydroxylation is 1. The van der Waals surface area contributed by atoms with Gasteiger partial charge in [0.05, 0.1) is 17.3 Å². The van der Waals surface area contributed by atoms with Gasteiger partial charge in [0, 0.05) is 25.0 Å². The van der Waals surface area contributed by atoms with Gasteiger partial charge in [-0.3, -0.25) is 9.48 Å². The number of rotatable bonds is 6. The van der Waals surface area contributed by atoms with Gasteiger partial charge in [-0.15, -0.1) is 0 Å². The zero-order valence-corrected chi connectivity index (χ0v) is 13.2. The lowest BCUT2D eigenvalue weighted by Crippen LogP contribution is -2.12. The summed E-state index contributed by atoms with van der Waals surface area (Å²) in [4.78, 5) is 11.7. The number of carbonyl (C=O) groups excluding carboxylic acids is 1. The molecule has 3 aromatic rings. The highest BCUT2D eigenvalue weighted by atomic mass is 16.5. The average Bonchev–Trinajstić information content (AvgIpc) is 2.94. The van der Waals surface area contributed by atoms with Crippen molar-refractivity contribution in [3.8, 4) is 17.2 Å². The molecule has 0 atom stereocenters. The third kappa shape index (κ3) is 3.16. The van der Waals surface area contributed by atoms with E-state index in [1.54, 1.807) is 47.3 Å². The quantitative estimate of drug-likeness (QED) is 0.718. The molecule has 0 unspecified atom stereocenters. The van der Waals surface area contributed by atoms with Crippen molar-refractivity contribution < 1.29 is 14.3 Å². The van der Waals surface area contributed by atoms with E-state index in [-0.39, 0.29) is 0 Å². The molecule has 4 N–H and O–H groups in total. The van der Waals surface area contributed by atoms with Crippen LogP contribution in [-0.2, 0) is 7.05 Å². The van der Waals surface area contributed by atoms with Crippen LogP contribution in [-0.4, -0.2) is 28.8 Å². The average molecular weight is 326 g/mol. The standard InChI is InChI=1S/C17H18N4O3/c1-21-15-9-16(14(17(19)22)8-11(15)10-20-21)24-13-4-2-12(3-5-13)23-7-6-18/h2-5,8-10H,6-7,18H2,1H3,(H2,19,22). The highest BCUT2D eigenvalue weighted by molar-refractivity contribution is 6.00. The number of nitrogens with zero attached hydrogens (tertiary/aromatic N) is 2. The first kappa shape index (κ1) is 15.8. The van der Waals surface area contributed by atoms with E-state index in [4.69, 9.17) is 20.9 Å². The van der Waals surface area contributed by atoms with Gasteiger partial charge in [0.15, 0.2) is 0 Å². The number of amides is 1. The highest BCUT2D eigenvalue weighted by Crippen LogP contribution is 2.30. The van der Waals surface area contributed by atoms with Crippen molar-refractivity contribution in [1.29, 1.82) is 0 Å². The molecule has 0 aliphatic carbocycles. The van der Waals surface area contributed by atoms with Crippen molar-refractivity contribution in [2.45, 2.75) is 0 Å². The Morgan fingerprint density at radius 1 is 1.21 bits per heavy atom. The molecule has 3 rings (SSSR count). The molecule has 0 saturated heterocycles. The summed E-state index contributed by atoms with van der Waals surface area (Å²) in [5, 5.41) is 4.99. The van der Waals surface area contributed by atoms with Crippen LogP contribution in [0.2, 0.25) is 0 Å². The van der Waals surface area contributed by atoms with E-state index >= 15 is 0 Å². The Kier molecular flexibility index (Phi) is 4.35. The zero-order chi connectivity index (χ0) is 17.1. The number of ether oxygens (including phenoxy) is 2. The molecule has 124 valence electrons. The predicted molar refractivity (Wildman–Crippen MR) is 90.3 cm³/mol. The Morgan fingerprint density at radius 3 is 2.58 bits per heavy atom. The summed E-state index contributed by atoms with van der Waals surface area (Å²) in [6.45, 7) is 0.897. The van der Waals surface area contributed by atoms with Crippen molar-refractivity contribution in [1.82, 2.24) is 9.78 Å². The van der Waals surface area contributed by atoms with Gasteiger partial charge < -0.3 is 20.9 Å². The second-order valence-electron chi connectivity index (χ2n) is 5.25. The molecule has 0 radical (unpaired) electrons. The fourth-order valence-electron chi connectivity index (χ4n) is 2.37. The summed E-state index contributed by atoms with van der Waals surface area (Å²) < 4.78 is 13.0. The van der Waals surface area contributed by atoms with Gasteiger partial charge in [-0.2, -0.15) is 5.10 Å². The Labute approximate surface area is 138 Å². The number of nitrogens with two attached hydrogens (primary N) is 2. The minimum atomic E-state index is -0.557. The molecule has 1 aromatic heterocycles. The van der Waals surface area contributed by atoms with E-state index in [1.165, 1.54) is 0 Å². The van der Waals surface area contributed by atoms with Crippen molar-refractivity contribution in [2.24, 2.45) is 18.5 Å². The van der Waals surface area contributed by atoms with Crippen LogP contribution in [0.25, 0.3) is 10.9 Å². The topological polar surface area (TPSA) is 105 Å². The van der Waals surface area contributed by atoms with E-state index in [0.717, 1.165) is 10.9 Å². The van der Waals surface area contributed by atoms with Crippen LogP contribution in [0.5, 0.6) is 17.2 Å². The number of primary amides is 1. The van der Waals surface area contributed by atoms with Gasteiger partial charge in [0.1, 0.15) is 23.9 Å². The van der Waals surface area contributed by atoms with Crippen molar-refractivity contribution in [3.63, 3.8) is 0 Å². The summed E-state index contributed by atoms with van der Waals surface area (Å²) in [5.74, 6) is 1.09. The monoisotopic (exact) mass is 326 g/mol. The number of fused-ring (bicyclic) bond motifs is 1. The maximum absolute atomic E-state index is 11.7. The molecule has 0 saturated carbocycles. The molecule has 0 spiro atoms. The number of aromatic nitrogens is 2. The summed E-state index contributed by atoms with van der Waals surface area (Å²) in [6.07, 6.45) is 1.68. The number of benzene rings is 2. The molecule has 7 heteroatoms. The molecule has 1 amide bonds. The minimum absolute atomic E-state index is 0.305. The van der Waals surface area contributed by atoms with E-state index in [9.17, 15) is 4.79 Å². The van der Waals surface area contributed by atoms with E-state index in [1.807, 2.05) is 7.05 Å². The maximum atomic E-state index is 11.7. The Balaban J connectivity index is 1.91. The fraction of sp³-hybridized carbons (Fsp3) is 0.176. The van der Waals surface area contributed by atoms with Crippen LogP contribution < -0.4 is 20.9 Å². The molecule has 24 heavy (non-hydrogen) atoms. The van der Waals surface area contributed by atoms with Crippen LogP contribution in [0, 0.1) is 0 Å². The molecule has 0 bridgehead atoms. The number of hydrogen-bond donors (Lipinski definition) is 2. The second-order valence-corrected chi connectivity index (χ2v) is 5.25. The third-order valence-electron chi connectivity index (χ3n) is 3.55. The minimum Gasteiger partial charge on any atom is -0.492 e. The maximum Gasteiger partial charge on any atom is 0.252 e. The fourth-order valence-corrected chi connectivity index (χ4v) is 2.37. The van der Waals surface area contributed by atoms with Crippen molar-refractivity contribution in [2.75, 3.05) is 13.2 Å². The lowest BCUT2D eigenvalue weighted by molar-refractivity contribution is 0.0998. The first-order valence-corrected chi connectivity index (χ1v) is 7.45. The molecule has 7 nitrogen and oxygen atoms in total. The molecule has 0 aliphatic rings. The summed E-state index contributed by atoms with van der Waals surface area (Å²) in [7, 11) is 1.82. The first-order chi connectivity index (χ1) is 11.6. The van der Waals surface area contributed by atoms with Gasteiger partial charge in [-0.05, 0) is 30.3 Å². The smallest absolute Gasteiger partial charge is 0.252 e. The lowest BCUT2D eigenvalue weighted by Gasteiger charge is -2.11. The van der Waals surface area contributed by atoms with Gasteiger partial charge >= 0.3 is 0 Å². The van der Waals surface area contributed by atoms with Gasteiger partial charge in [0.25, 0.3) is 5.91 Å². The van der Waals surface area contributed by atoms with Crippen molar-refractivity contribution >= 4 is 16.8 Å². The summed E-state index contributed by atoms with van der Waals surface area (Å²) in [6, 6.07) is 10.5. The number of hydrogen-bond acceptors (Lipinski definition) is 5. The van der Waals surface area contributed by atoms with E-state index in [0.29, 0.717) is 36.0 Å². The lowest BCUT2D eigenvalue weighted by atomic mass is 10.1. The van der Waals surface area contributed by atoms with Crippen LogP contribution in [0.3, 0.4) is 0 Å². The number of carbonyl (C=O) groups is 1. The SMILES string of the molecule is Cn1ncc2cc(C(N)=O)c(Oc3ccc(OCCN)cc3)cc21. The largest absolute Gasteiger partial charge is 0.492 e. The van der Waals surface area contributed by atoms with E-state index in [2.05, 4.69) is 5.10 Å². The highest BCUT2D eigenvalue weighted by Gasteiger charge is 2.14. The second kappa shape index (κ2) is 6.59. The molecular weight excluding hydrogens is 308 g/mol. The normalized spacial score (nSPS) is 10.8. The third-order valence-corrected chi connectivity index (χ3v) is 3.55. The molecule has 0 aliphatic heterocycles. The van der Waals surface area contributed by atoms with Crippen molar-refractivity contribution in [3.05, 3.63) is 48.2 Å². The summed E-state index contributed by atoms with van der Waals surface area (Å²) in [5.41, 5.74) is 12.0. The van der Waals surface area contributed by atoms with Crippen LogP contribution in [0.15, 0.2) is 42.6 Å². The zero-order valence-electron chi connectivity index (χ0n) is 13.2. The Morgan fingerprint density at radius 2 is 1.92 bits per heavy atom. The Hall–Kier alpha value is -3.06. The van der Waals surface area contributed by atoms with Gasteiger partial charge in [-0.25, -0.2) is 0 Å². The molecule has 0 fully saturated rings.